The summed E-state index contributed by atoms with van der Waals surface area (Å²) in [4.78, 5) is 18.3. The quantitative estimate of drug-likeness (QED) is 0.263. The van der Waals surface area contributed by atoms with E-state index in [9.17, 15) is 14.3 Å². The topological polar surface area (TPSA) is 86.7 Å². The van der Waals surface area contributed by atoms with Gasteiger partial charge in [-0.2, -0.15) is 0 Å². The maximum atomic E-state index is 14.2. The van der Waals surface area contributed by atoms with Gasteiger partial charge in [-0.15, -0.1) is 0 Å². The second-order valence-corrected chi connectivity index (χ2v) is 11.5. The van der Waals surface area contributed by atoms with Crippen molar-refractivity contribution in [1.82, 2.24) is 15.2 Å². The van der Waals surface area contributed by atoms with Crippen molar-refractivity contribution in [2.45, 2.75) is 97.1 Å². The number of halogens is 1. The minimum absolute atomic E-state index is 0.0405. The number of likely N-dealkylation sites (tertiary alicyclic amines) is 1. The molecule has 1 aromatic heterocycles. The van der Waals surface area contributed by atoms with Crippen LogP contribution < -0.4 is 15.4 Å². The maximum Gasteiger partial charge on any atom is 0.325 e. The van der Waals surface area contributed by atoms with E-state index < -0.39 is 17.8 Å². The van der Waals surface area contributed by atoms with Crippen molar-refractivity contribution < 1.29 is 19.0 Å². The summed E-state index contributed by atoms with van der Waals surface area (Å²) in [5, 5.41) is 16.5. The lowest BCUT2D eigenvalue weighted by molar-refractivity contribution is -0.143. The zero-order valence-corrected chi connectivity index (χ0v) is 25.1. The smallest absolute Gasteiger partial charge is 0.325 e. The van der Waals surface area contributed by atoms with Crippen molar-refractivity contribution in [1.29, 1.82) is 0 Å². The molecule has 3 heterocycles. The molecule has 1 atom stereocenters. The number of ether oxygens (including phenoxy) is 1. The number of nitrogens with zero attached hydrogens (tertiary/aromatic N) is 2. The Balaban J connectivity index is 0.000000222. The average Bonchev–Trinajstić information content (AvgIpc) is 3.45. The number of aliphatic carboxylic acids is 1. The van der Waals surface area contributed by atoms with Gasteiger partial charge in [0, 0.05) is 23.8 Å². The number of rotatable bonds is 12. The molecule has 0 spiro atoms. The third-order valence-corrected chi connectivity index (χ3v) is 7.61. The number of carboxylic acid groups (broad SMARTS) is 1. The molecule has 1 aromatic carbocycles. The fourth-order valence-electron chi connectivity index (χ4n) is 5.38. The summed E-state index contributed by atoms with van der Waals surface area (Å²) < 4.78 is 19.4. The van der Waals surface area contributed by atoms with Gasteiger partial charge in [0.25, 0.3) is 0 Å². The van der Waals surface area contributed by atoms with Gasteiger partial charge in [-0.3, -0.25) is 9.69 Å². The largest absolute Gasteiger partial charge is 0.493 e. The van der Waals surface area contributed by atoms with Crippen LogP contribution in [-0.2, 0) is 17.6 Å². The van der Waals surface area contributed by atoms with Crippen LogP contribution >= 0.6 is 0 Å². The van der Waals surface area contributed by atoms with E-state index >= 15 is 0 Å². The molecule has 8 heteroatoms. The van der Waals surface area contributed by atoms with E-state index in [0.717, 1.165) is 43.7 Å². The Hall–Kier alpha value is -2.71. The van der Waals surface area contributed by atoms with Crippen LogP contribution in [0.3, 0.4) is 0 Å². The van der Waals surface area contributed by atoms with E-state index in [1.807, 2.05) is 18.7 Å². The molecule has 0 bridgehead atoms. The zero-order valence-electron chi connectivity index (χ0n) is 25.1. The molecule has 1 unspecified atom stereocenters. The third-order valence-electron chi connectivity index (χ3n) is 7.61. The highest BCUT2D eigenvalue weighted by molar-refractivity contribution is 5.77. The number of carbonyl (C=O) groups is 1. The maximum absolute atomic E-state index is 14.2. The molecule has 3 N–H and O–H groups in total. The van der Waals surface area contributed by atoms with Gasteiger partial charge in [0.2, 0.25) is 0 Å². The van der Waals surface area contributed by atoms with Crippen LogP contribution in [-0.4, -0.2) is 60.3 Å². The molecular weight excluding hydrogens is 507 g/mol. The third kappa shape index (κ3) is 9.16. The van der Waals surface area contributed by atoms with Gasteiger partial charge >= 0.3 is 5.97 Å². The van der Waals surface area contributed by atoms with Gasteiger partial charge in [0.1, 0.15) is 11.9 Å². The van der Waals surface area contributed by atoms with Crippen molar-refractivity contribution in [2.24, 2.45) is 0 Å². The molecule has 4 rings (SSSR count). The number of benzene rings is 1. The number of aromatic nitrogens is 1. The average molecular weight is 557 g/mol. The number of anilines is 1. The van der Waals surface area contributed by atoms with E-state index in [-0.39, 0.29) is 11.7 Å². The van der Waals surface area contributed by atoms with Gasteiger partial charge in [-0.05, 0) is 99.8 Å². The van der Waals surface area contributed by atoms with Crippen molar-refractivity contribution in [3.63, 3.8) is 0 Å². The summed E-state index contributed by atoms with van der Waals surface area (Å²) in [7, 11) is 1.37. The SMILES string of the molecule is CC(C)NCCCCCc1ccc2c(n1)NCCC2.COc1c(F)cc(C(C)C)cc1C(C(=O)O)N1CCCC1. The van der Waals surface area contributed by atoms with E-state index in [1.165, 1.54) is 56.5 Å². The number of methoxy groups -OCH3 is 1. The first-order valence-electron chi connectivity index (χ1n) is 15.0. The Labute approximate surface area is 239 Å². The molecular formula is C32H49FN4O3. The molecule has 2 aliphatic rings. The minimum Gasteiger partial charge on any atom is -0.493 e. The van der Waals surface area contributed by atoms with Crippen LogP contribution in [0.5, 0.6) is 5.75 Å². The molecule has 0 aliphatic carbocycles. The Morgan fingerprint density at radius 2 is 1.88 bits per heavy atom. The molecule has 2 aromatic rings. The van der Waals surface area contributed by atoms with Crippen molar-refractivity contribution in [3.8, 4) is 5.75 Å². The molecule has 222 valence electrons. The summed E-state index contributed by atoms with van der Waals surface area (Å²) in [5.41, 5.74) is 3.82. The molecule has 2 aliphatic heterocycles. The summed E-state index contributed by atoms with van der Waals surface area (Å²) in [6.45, 7) is 11.9. The normalized spacial score (nSPS) is 15.8. The molecule has 1 fully saturated rings. The summed E-state index contributed by atoms with van der Waals surface area (Å²) in [5.74, 6) is -0.166. The first kappa shape index (κ1) is 31.8. The first-order valence-corrected chi connectivity index (χ1v) is 15.0. The molecule has 40 heavy (non-hydrogen) atoms. The van der Waals surface area contributed by atoms with Gasteiger partial charge in [0.15, 0.2) is 11.6 Å². The number of nitrogens with one attached hydrogen (secondary N) is 2. The fraction of sp³-hybridized carbons (Fsp3) is 0.625. The van der Waals surface area contributed by atoms with Crippen LogP contribution in [0.25, 0.3) is 0 Å². The Morgan fingerprint density at radius 3 is 2.52 bits per heavy atom. The van der Waals surface area contributed by atoms with Gasteiger partial charge < -0.3 is 20.5 Å². The number of hydrogen-bond donors (Lipinski definition) is 3. The van der Waals surface area contributed by atoms with Crippen LogP contribution in [0.4, 0.5) is 10.2 Å². The molecule has 0 amide bonds. The van der Waals surface area contributed by atoms with E-state index in [4.69, 9.17) is 9.72 Å². The second kappa shape index (κ2) is 15.9. The van der Waals surface area contributed by atoms with Crippen LogP contribution in [0.2, 0.25) is 0 Å². The van der Waals surface area contributed by atoms with E-state index in [1.54, 1.807) is 6.07 Å². The lowest BCUT2D eigenvalue weighted by Gasteiger charge is -2.26. The van der Waals surface area contributed by atoms with Crippen molar-refractivity contribution >= 4 is 11.8 Å². The zero-order chi connectivity index (χ0) is 29.1. The van der Waals surface area contributed by atoms with Crippen LogP contribution in [0.1, 0.15) is 101 Å². The number of unbranched alkanes of at least 4 members (excludes halogenated alkanes) is 2. The van der Waals surface area contributed by atoms with Crippen LogP contribution in [0, 0.1) is 5.82 Å². The summed E-state index contributed by atoms with van der Waals surface area (Å²) in [6, 6.07) is 7.41. The Bertz CT molecular complexity index is 1090. The number of pyridine rings is 1. The lowest BCUT2D eigenvalue weighted by atomic mass is 9.95. The number of hydrogen-bond acceptors (Lipinski definition) is 6. The van der Waals surface area contributed by atoms with Crippen molar-refractivity contribution in [3.05, 3.63) is 52.5 Å². The molecule has 0 radical (unpaired) electrons. The number of aryl methyl sites for hydroxylation is 2. The van der Waals surface area contributed by atoms with E-state index in [0.29, 0.717) is 24.7 Å². The van der Waals surface area contributed by atoms with Gasteiger partial charge in [-0.25, -0.2) is 9.37 Å². The van der Waals surface area contributed by atoms with Crippen molar-refractivity contribution in [2.75, 3.05) is 38.6 Å². The Kier molecular flexibility index (Phi) is 12.7. The minimum atomic E-state index is -0.962. The highest BCUT2D eigenvalue weighted by Gasteiger charge is 2.33. The molecule has 0 saturated carbocycles. The number of carboxylic acids is 1. The predicted molar refractivity (Wildman–Crippen MR) is 160 cm³/mol. The lowest BCUT2D eigenvalue weighted by Crippen LogP contribution is -2.32. The summed E-state index contributed by atoms with van der Waals surface area (Å²) >= 11 is 0. The Morgan fingerprint density at radius 1 is 1.12 bits per heavy atom. The highest BCUT2D eigenvalue weighted by atomic mass is 19.1. The first-order chi connectivity index (χ1) is 19.2. The second-order valence-electron chi connectivity index (χ2n) is 11.5. The van der Waals surface area contributed by atoms with Gasteiger partial charge in [0.05, 0.1) is 7.11 Å². The molecule has 7 nitrogen and oxygen atoms in total. The van der Waals surface area contributed by atoms with Gasteiger partial charge in [-0.1, -0.05) is 40.2 Å². The monoisotopic (exact) mass is 556 g/mol. The number of fused-ring (bicyclic) bond motifs is 1. The predicted octanol–water partition coefficient (Wildman–Crippen LogP) is 6.33. The van der Waals surface area contributed by atoms with E-state index in [2.05, 4.69) is 36.6 Å². The fourth-order valence-corrected chi connectivity index (χ4v) is 5.38. The standard InChI is InChI=1S/C16H22FNO3.C16H27N3/c1-10(2)11-8-12(15(21-3)13(17)9-11)14(16(19)20)18-6-4-5-7-18;1-13(2)17-11-5-3-4-8-15-10-9-14-7-6-12-18-16(14)19-15/h8-10,14H,4-7H2,1-3H3,(H,19,20);9-10,13,17H,3-8,11-12H2,1-2H3,(H,18,19). The van der Waals surface area contributed by atoms with Crippen LogP contribution in [0.15, 0.2) is 24.3 Å². The molecule has 1 saturated heterocycles. The highest BCUT2D eigenvalue weighted by Crippen LogP contribution is 2.36. The summed E-state index contributed by atoms with van der Waals surface area (Å²) in [6.07, 6.45) is 9.25.